The number of rotatable bonds is 8. The van der Waals surface area contributed by atoms with Crippen LogP contribution in [0.15, 0.2) is 12.1 Å². The van der Waals surface area contributed by atoms with E-state index >= 15 is 0 Å². The number of unbranched alkanes of at least 4 members (excludes halogenated alkanes) is 3. The SMILES string of the molecule is Cn1c(C(=O)NCCCCCCO)ccc1[N+](=O)[O-]. The van der Waals surface area contributed by atoms with Crippen LogP contribution in [0.1, 0.15) is 36.2 Å². The van der Waals surface area contributed by atoms with E-state index in [-0.39, 0.29) is 24.0 Å². The minimum absolute atomic E-state index is 0.104. The van der Waals surface area contributed by atoms with Crippen molar-refractivity contribution < 1.29 is 14.8 Å². The molecule has 0 saturated heterocycles. The van der Waals surface area contributed by atoms with E-state index in [1.54, 1.807) is 0 Å². The summed E-state index contributed by atoms with van der Waals surface area (Å²) in [4.78, 5) is 21.9. The fourth-order valence-corrected chi connectivity index (χ4v) is 1.79. The number of hydrogen-bond acceptors (Lipinski definition) is 4. The molecule has 19 heavy (non-hydrogen) atoms. The predicted molar refractivity (Wildman–Crippen MR) is 70.0 cm³/mol. The van der Waals surface area contributed by atoms with Crippen LogP contribution >= 0.6 is 0 Å². The summed E-state index contributed by atoms with van der Waals surface area (Å²) < 4.78 is 1.26. The van der Waals surface area contributed by atoms with Crippen LogP contribution in [-0.4, -0.2) is 33.7 Å². The van der Waals surface area contributed by atoms with E-state index in [1.165, 1.54) is 23.7 Å². The number of hydrogen-bond donors (Lipinski definition) is 2. The van der Waals surface area contributed by atoms with Crippen molar-refractivity contribution in [3.05, 3.63) is 27.9 Å². The Bertz CT molecular complexity index is 442. The first kappa shape index (κ1) is 15.2. The number of nitro groups is 1. The maximum atomic E-state index is 11.8. The molecule has 1 rings (SSSR count). The van der Waals surface area contributed by atoms with Crippen molar-refractivity contribution in [1.29, 1.82) is 0 Å². The second kappa shape index (κ2) is 7.52. The van der Waals surface area contributed by atoms with Gasteiger partial charge >= 0.3 is 5.82 Å². The summed E-state index contributed by atoms with van der Waals surface area (Å²) in [6, 6.07) is 2.76. The molecule has 106 valence electrons. The summed E-state index contributed by atoms with van der Waals surface area (Å²) in [5.74, 6) is -0.411. The molecule has 1 aromatic heterocycles. The third-order valence-corrected chi connectivity index (χ3v) is 2.89. The monoisotopic (exact) mass is 269 g/mol. The van der Waals surface area contributed by atoms with E-state index in [0.717, 1.165) is 25.7 Å². The Morgan fingerprint density at radius 2 is 2.05 bits per heavy atom. The van der Waals surface area contributed by atoms with Crippen molar-refractivity contribution in [3.8, 4) is 0 Å². The maximum Gasteiger partial charge on any atom is 0.323 e. The van der Waals surface area contributed by atoms with Gasteiger partial charge in [0.15, 0.2) is 5.69 Å². The lowest BCUT2D eigenvalue weighted by molar-refractivity contribution is -0.391. The zero-order valence-corrected chi connectivity index (χ0v) is 11.0. The molecule has 0 spiro atoms. The fraction of sp³-hybridized carbons (Fsp3) is 0.583. The van der Waals surface area contributed by atoms with E-state index in [0.29, 0.717) is 6.54 Å². The zero-order valence-electron chi connectivity index (χ0n) is 11.0. The molecule has 1 heterocycles. The first-order valence-corrected chi connectivity index (χ1v) is 6.27. The van der Waals surface area contributed by atoms with Crippen molar-refractivity contribution in [1.82, 2.24) is 9.88 Å². The molecule has 0 unspecified atom stereocenters. The first-order chi connectivity index (χ1) is 9.07. The van der Waals surface area contributed by atoms with E-state index in [4.69, 9.17) is 5.11 Å². The molecule has 0 aliphatic rings. The molecular weight excluding hydrogens is 250 g/mol. The second-order valence-electron chi connectivity index (χ2n) is 4.29. The summed E-state index contributed by atoms with van der Waals surface area (Å²) in [5.41, 5.74) is 0.280. The van der Waals surface area contributed by atoms with Gasteiger partial charge in [0, 0.05) is 19.2 Å². The minimum atomic E-state index is -0.522. The quantitative estimate of drug-likeness (QED) is 0.421. The van der Waals surface area contributed by atoms with Gasteiger partial charge in [0.2, 0.25) is 0 Å². The highest BCUT2D eigenvalue weighted by atomic mass is 16.6. The number of nitrogens with one attached hydrogen (secondary N) is 1. The molecule has 0 radical (unpaired) electrons. The van der Waals surface area contributed by atoms with Gasteiger partial charge in [0.25, 0.3) is 5.91 Å². The van der Waals surface area contributed by atoms with Crippen LogP contribution < -0.4 is 5.32 Å². The Labute approximate surface area is 111 Å². The van der Waals surface area contributed by atoms with Crippen molar-refractivity contribution in [2.24, 2.45) is 7.05 Å². The van der Waals surface area contributed by atoms with Gasteiger partial charge < -0.3 is 20.5 Å². The molecule has 0 bridgehead atoms. The second-order valence-corrected chi connectivity index (χ2v) is 4.29. The molecule has 0 aliphatic heterocycles. The molecule has 0 fully saturated rings. The van der Waals surface area contributed by atoms with Gasteiger partial charge in [0.05, 0.1) is 7.05 Å². The third-order valence-electron chi connectivity index (χ3n) is 2.89. The lowest BCUT2D eigenvalue weighted by atomic mass is 10.2. The van der Waals surface area contributed by atoms with Crippen molar-refractivity contribution in [3.63, 3.8) is 0 Å². The molecule has 0 atom stereocenters. The smallest absolute Gasteiger partial charge is 0.323 e. The number of amides is 1. The molecule has 7 nitrogen and oxygen atoms in total. The molecular formula is C12H19N3O4. The Kier molecular flexibility index (Phi) is 6.01. The Balaban J connectivity index is 2.40. The van der Waals surface area contributed by atoms with Gasteiger partial charge in [-0.25, -0.2) is 4.57 Å². The molecule has 7 heteroatoms. The largest absolute Gasteiger partial charge is 0.396 e. The summed E-state index contributed by atoms with van der Waals surface area (Å²) in [7, 11) is 1.49. The first-order valence-electron chi connectivity index (χ1n) is 6.27. The van der Waals surface area contributed by atoms with E-state index in [9.17, 15) is 14.9 Å². The summed E-state index contributed by atoms with van der Waals surface area (Å²) in [6.45, 7) is 0.725. The number of carbonyl (C=O) groups is 1. The topological polar surface area (TPSA) is 97.4 Å². The van der Waals surface area contributed by atoms with Gasteiger partial charge in [-0.05, 0) is 23.8 Å². The number of carbonyl (C=O) groups excluding carboxylic acids is 1. The molecule has 0 aliphatic carbocycles. The van der Waals surface area contributed by atoms with Crippen molar-refractivity contribution >= 4 is 11.7 Å². The average Bonchev–Trinajstić information content (AvgIpc) is 2.75. The Morgan fingerprint density at radius 3 is 2.63 bits per heavy atom. The molecule has 0 saturated carbocycles. The van der Waals surface area contributed by atoms with Gasteiger partial charge in [-0.3, -0.25) is 4.79 Å². The van der Waals surface area contributed by atoms with Gasteiger partial charge in [0.1, 0.15) is 0 Å². The van der Waals surface area contributed by atoms with Crippen molar-refractivity contribution in [2.75, 3.05) is 13.2 Å². The Morgan fingerprint density at radius 1 is 1.37 bits per heavy atom. The van der Waals surface area contributed by atoms with E-state index in [2.05, 4.69) is 5.32 Å². The third kappa shape index (κ3) is 4.36. The highest BCUT2D eigenvalue weighted by molar-refractivity contribution is 5.93. The number of aromatic nitrogens is 1. The van der Waals surface area contributed by atoms with Crippen LogP contribution in [0.5, 0.6) is 0 Å². The van der Waals surface area contributed by atoms with Crippen LogP contribution in [0, 0.1) is 10.1 Å². The Hall–Kier alpha value is -1.89. The highest BCUT2D eigenvalue weighted by Crippen LogP contribution is 2.14. The predicted octanol–water partition coefficient (Wildman–Crippen LogP) is 1.22. The maximum absolute atomic E-state index is 11.8. The summed E-state index contributed by atoms with van der Waals surface area (Å²) in [6.07, 6.45) is 3.48. The van der Waals surface area contributed by atoms with Crippen LogP contribution in [0.25, 0.3) is 0 Å². The normalized spacial score (nSPS) is 10.4. The van der Waals surface area contributed by atoms with E-state index < -0.39 is 4.92 Å². The lowest BCUT2D eigenvalue weighted by Gasteiger charge is -2.04. The number of nitrogens with zero attached hydrogens (tertiary/aromatic N) is 2. The standard InChI is InChI=1S/C12H19N3O4/c1-14-10(6-7-11(14)15(18)19)12(17)13-8-4-2-3-5-9-16/h6-7,16H,2-5,8-9H2,1H3,(H,13,17). The van der Waals surface area contributed by atoms with Crippen LogP contribution in [0.3, 0.4) is 0 Å². The van der Waals surface area contributed by atoms with Gasteiger partial charge in [-0.1, -0.05) is 12.8 Å². The van der Waals surface area contributed by atoms with Crippen LogP contribution in [-0.2, 0) is 7.05 Å². The molecule has 2 N–H and O–H groups in total. The average molecular weight is 269 g/mol. The summed E-state index contributed by atoms with van der Waals surface area (Å²) >= 11 is 0. The molecule has 1 aromatic rings. The van der Waals surface area contributed by atoms with Crippen LogP contribution in [0.2, 0.25) is 0 Å². The zero-order chi connectivity index (χ0) is 14.3. The van der Waals surface area contributed by atoms with E-state index in [1.807, 2.05) is 0 Å². The highest BCUT2D eigenvalue weighted by Gasteiger charge is 2.19. The lowest BCUT2D eigenvalue weighted by Crippen LogP contribution is -2.26. The molecule has 1 amide bonds. The molecule has 0 aromatic carbocycles. The number of aliphatic hydroxyl groups is 1. The van der Waals surface area contributed by atoms with Gasteiger partial charge in [-0.15, -0.1) is 0 Å². The fourth-order valence-electron chi connectivity index (χ4n) is 1.79. The van der Waals surface area contributed by atoms with Gasteiger partial charge in [-0.2, -0.15) is 0 Å². The number of aliphatic hydroxyl groups excluding tert-OH is 1. The summed E-state index contributed by atoms with van der Waals surface area (Å²) in [5, 5.41) is 22.0. The minimum Gasteiger partial charge on any atom is -0.396 e. The van der Waals surface area contributed by atoms with Crippen molar-refractivity contribution in [2.45, 2.75) is 25.7 Å². The van der Waals surface area contributed by atoms with Crippen LogP contribution in [0.4, 0.5) is 5.82 Å².